The molecule has 0 fully saturated rings. The van der Waals surface area contributed by atoms with Gasteiger partial charge in [-0.1, -0.05) is 17.3 Å². The molecule has 0 aromatic heterocycles. The van der Waals surface area contributed by atoms with E-state index in [1.165, 1.54) is 18.4 Å². The summed E-state index contributed by atoms with van der Waals surface area (Å²) in [5, 5.41) is 15.1. The first kappa shape index (κ1) is 16.5. The highest BCUT2D eigenvalue weighted by Crippen LogP contribution is 2.11. The Bertz CT molecular complexity index is 443. The minimum Gasteiger partial charge on any atom is -0.409 e. The number of benzene rings is 1. The molecule has 0 spiro atoms. The van der Waals surface area contributed by atoms with Crippen molar-refractivity contribution in [3.63, 3.8) is 0 Å². The summed E-state index contributed by atoms with van der Waals surface area (Å²) in [5.41, 5.74) is 8.71. The van der Waals surface area contributed by atoms with Gasteiger partial charge in [0.1, 0.15) is 0 Å². The normalized spacial score (nSPS) is 12.1. The molecule has 5 heteroatoms. The summed E-state index contributed by atoms with van der Waals surface area (Å²) in [4.78, 5) is 2.20. The Hall–Kier alpha value is -1.59. The molecule has 0 saturated carbocycles. The van der Waals surface area contributed by atoms with Crippen molar-refractivity contribution in [2.24, 2.45) is 10.9 Å². The monoisotopic (exact) mass is 278 g/mol. The van der Waals surface area contributed by atoms with E-state index in [2.05, 4.69) is 29.5 Å². The molecule has 1 aromatic rings. The zero-order chi connectivity index (χ0) is 15.0. The van der Waals surface area contributed by atoms with Gasteiger partial charge in [-0.2, -0.15) is 0 Å². The maximum Gasteiger partial charge on any atom is 0.170 e. The van der Waals surface area contributed by atoms with Crippen molar-refractivity contribution >= 4 is 5.84 Å². The molecule has 1 rings (SSSR count). The highest BCUT2D eigenvalue weighted by Gasteiger charge is 2.03. The molecular formula is C15H26N4O. The van der Waals surface area contributed by atoms with Gasteiger partial charge in [0.25, 0.3) is 0 Å². The van der Waals surface area contributed by atoms with Crippen LogP contribution in [-0.2, 0) is 6.54 Å². The molecule has 5 nitrogen and oxygen atoms in total. The molecule has 0 aliphatic heterocycles. The predicted octanol–water partition coefficient (Wildman–Crippen LogP) is 1.52. The van der Waals surface area contributed by atoms with E-state index in [4.69, 9.17) is 10.9 Å². The Morgan fingerprint density at radius 1 is 1.35 bits per heavy atom. The number of nitrogens with two attached hydrogens (primary N) is 1. The summed E-state index contributed by atoms with van der Waals surface area (Å²) in [6, 6.07) is 5.85. The first-order chi connectivity index (χ1) is 9.54. The van der Waals surface area contributed by atoms with E-state index in [0.717, 1.165) is 30.8 Å². The van der Waals surface area contributed by atoms with Crippen molar-refractivity contribution < 1.29 is 5.21 Å². The summed E-state index contributed by atoms with van der Waals surface area (Å²) in [6.45, 7) is 5.05. The molecule has 0 amide bonds. The van der Waals surface area contributed by atoms with Gasteiger partial charge in [0.15, 0.2) is 5.84 Å². The summed E-state index contributed by atoms with van der Waals surface area (Å²) in [6.07, 6.45) is 2.39. The van der Waals surface area contributed by atoms with Gasteiger partial charge in [0.05, 0.1) is 0 Å². The quantitative estimate of drug-likeness (QED) is 0.222. The largest absolute Gasteiger partial charge is 0.409 e. The lowest BCUT2D eigenvalue weighted by molar-refractivity contribution is 0.318. The molecule has 1 aromatic carbocycles. The van der Waals surface area contributed by atoms with Gasteiger partial charge in [-0.25, -0.2) is 0 Å². The Labute approximate surface area is 121 Å². The standard InChI is InChI=1S/C15H26N4O/c1-12-10-13(15(16)18-20)6-7-14(12)11-17-8-4-5-9-19(2)3/h6-7,10,17,20H,4-5,8-9,11H2,1-3H3,(H2,16,18). The number of nitrogens with zero attached hydrogens (tertiary/aromatic N) is 2. The van der Waals surface area contributed by atoms with Crippen molar-refractivity contribution in [2.75, 3.05) is 27.2 Å². The van der Waals surface area contributed by atoms with Crippen LogP contribution in [0.3, 0.4) is 0 Å². The fraction of sp³-hybridized carbons (Fsp3) is 0.533. The number of rotatable bonds is 8. The van der Waals surface area contributed by atoms with Crippen LogP contribution >= 0.6 is 0 Å². The first-order valence-electron chi connectivity index (χ1n) is 6.97. The number of unbranched alkanes of at least 4 members (excludes halogenated alkanes) is 1. The minimum absolute atomic E-state index is 0.149. The lowest BCUT2D eigenvalue weighted by Gasteiger charge is -2.11. The molecule has 0 bridgehead atoms. The Morgan fingerprint density at radius 2 is 2.10 bits per heavy atom. The molecule has 0 aliphatic rings. The van der Waals surface area contributed by atoms with Crippen molar-refractivity contribution in [1.82, 2.24) is 10.2 Å². The number of hydrogen-bond acceptors (Lipinski definition) is 4. The van der Waals surface area contributed by atoms with Crippen molar-refractivity contribution in [3.8, 4) is 0 Å². The van der Waals surface area contributed by atoms with Crippen LogP contribution in [0.25, 0.3) is 0 Å². The SMILES string of the molecule is Cc1cc(/C(N)=N/O)ccc1CNCCCCN(C)C. The van der Waals surface area contributed by atoms with Gasteiger partial charge in [0, 0.05) is 12.1 Å². The zero-order valence-corrected chi connectivity index (χ0v) is 12.7. The molecule has 0 heterocycles. The topological polar surface area (TPSA) is 73.9 Å². The number of amidine groups is 1. The van der Waals surface area contributed by atoms with E-state index >= 15 is 0 Å². The number of oxime groups is 1. The van der Waals surface area contributed by atoms with Gasteiger partial charge in [0.2, 0.25) is 0 Å². The Kier molecular flexibility index (Phi) is 7.04. The maximum atomic E-state index is 8.66. The molecular weight excluding hydrogens is 252 g/mol. The van der Waals surface area contributed by atoms with E-state index in [1.807, 2.05) is 25.1 Å². The van der Waals surface area contributed by atoms with Crippen LogP contribution in [0.1, 0.15) is 29.5 Å². The first-order valence-corrected chi connectivity index (χ1v) is 6.97. The van der Waals surface area contributed by atoms with Gasteiger partial charge in [-0.05, 0) is 64.1 Å². The lowest BCUT2D eigenvalue weighted by Crippen LogP contribution is -2.19. The van der Waals surface area contributed by atoms with Gasteiger partial charge in [-0.15, -0.1) is 0 Å². The lowest BCUT2D eigenvalue weighted by atomic mass is 10.0. The number of aryl methyl sites for hydroxylation is 1. The molecule has 4 N–H and O–H groups in total. The summed E-state index contributed by atoms with van der Waals surface area (Å²) < 4.78 is 0. The van der Waals surface area contributed by atoms with Crippen LogP contribution in [0.2, 0.25) is 0 Å². The molecule has 0 saturated heterocycles. The third-order valence-corrected chi connectivity index (χ3v) is 3.27. The molecule has 0 aliphatic carbocycles. The average molecular weight is 278 g/mol. The average Bonchev–Trinajstić information content (AvgIpc) is 2.42. The second-order valence-electron chi connectivity index (χ2n) is 5.31. The molecule has 20 heavy (non-hydrogen) atoms. The van der Waals surface area contributed by atoms with Gasteiger partial charge >= 0.3 is 0 Å². The van der Waals surface area contributed by atoms with Crippen LogP contribution in [0.4, 0.5) is 0 Å². The highest BCUT2D eigenvalue weighted by molar-refractivity contribution is 5.97. The van der Waals surface area contributed by atoms with E-state index in [9.17, 15) is 0 Å². The smallest absolute Gasteiger partial charge is 0.170 e. The van der Waals surface area contributed by atoms with Gasteiger partial charge in [-0.3, -0.25) is 0 Å². The molecule has 0 unspecified atom stereocenters. The molecule has 0 radical (unpaired) electrons. The van der Waals surface area contributed by atoms with Crippen molar-refractivity contribution in [2.45, 2.75) is 26.3 Å². The molecule has 112 valence electrons. The van der Waals surface area contributed by atoms with Crippen molar-refractivity contribution in [3.05, 3.63) is 34.9 Å². The minimum atomic E-state index is 0.149. The van der Waals surface area contributed by atoms with Crippen LogP contribution in [0.5, 0.6) is 0 Å². The summed E-state index contributed by atoms with van der Waals surface area (Å²) in [7, 11) is 4.19. The highest BCUT2D eigenvalue weighted by atomic mass is 16.4. The fourth-order valence-corrected chi connectivity index (χ4v) is 2.01. The van der Waals surface area contributed by atoms with E-state index < -0.39 is 0 Å². The van der Waals surface area contributed by atoms with Crippen LogP contribution < -0.4 is 11.1 Å². The molecule has 0 atom stereocenters. The van der Waals surface area contributed by atoms with E-state index in [1.54, 1.807) is 0 Å². The van der Waals surface area contributed by atoms with Crippen molar-refractivity contribution in [1.29, 1.82) is 0 Å². The van der Waals surface area contributed by atoms with E-state index in [0.29, 0.717) is 0 Å². The maximum absolute atomic E-state index is 8.66. The van der Waals surface area contributed by atoms with Crippen LogP contribution in [-0.4, -0.2) is 43.1 Å². The summed E-state index contributed by atoms with van der Waals surface area (Å²) >= 11 is 0. The van der Waals surface area contributed by atoms with Gasteiger partial charge < -0.3 is 21.2 Å². The Morgan fingerprint density at radius 3 is 2.70 bits per heavy atom. The zero-order valence-electron chi connectivity index (χ0n) is 12.7. The fourth-order valence-electron chi connectivity index (χ4n) is 2.01. The Balaban J connectivity index is 2.38. The third kappa shape index (κ3) is 5.59. The third-order valence-electron chi connectivity index (χ3n) is 3.27. The van der Waals surface area contributed by atoms with Crippen LogP contribution in [0, 0.1) is 6.92 Å². The van der Waals surface area contributed by atoms with E-state index in [-0.39, 0.29) is 5.84 Å². The van der Waals surface area contributed by atoms with Crippen LogP contribution in [0.15, 0.2) is 23.4 Å². The number of hydrogen-bond donors (Lipinski definition) is 3. The predicted molar refractivity (Wildman–Crippen MR) is 83.2 cm³/mol. The second kappa shape index (κ2) is 8.55. The summed E-state index contributed by atoms with van der Waals surface area (Å²) in [5.74, 6) is 0.149. The second-order valence-corrected chi connectivity index (χ2v) is 5.31. The number of nitrogens with one attached hydrogen (secondary N) is 1.